The van der Waals surface area contributed by atoms with Crippen LogP contribution in [0.5, 0.6) is 5.75 Å². The Hall–Kier alpha value is -2.89. The highest BCUT2D eigenvalue weighted by atomic mass is 32.2. The number of fused-ring (bicyclic) bond motifs is 1. The summed E-state index contributed by atoms with van der Waals surface area (Å²) in [6, 6.07) is 4.79. The molecule has 1 saturated heterocycles. The number of anilines is 1. The summed E-state index contributed by atoms with van der Waals surface area (Å²) in [5.74, 6) is 0.0412. The number of aromatic amines is 1. The Kier molecular flexibility index (Phi) is 7.24. The number of nitrogens with zero attached hydrogens (tertiary/aromatic N) is 5. The van der Waals surface area contributed by atoms with E-state index in [0.717, 1.165) is 12.8 Å². The average Bonchev–Trinajstić information content (AvgIpc) is 3.33. The van der Waals surface area contributed by atoms with Crippen molar-refractivity contribution in [1.29, 1.82) is 0 Å². The van der Waals surface area contributed by atoms with Gasteiger partial charge in [-0.3, -0.25) is 9.89 Å². The third-order valence-corrected chi connectivity index (χ3v) is 8.04. The van der Waals surface area contributed by atoms with Gasteiger partial charge in [-0.2, -0.15) is 9.40 Å². The molecule has 1 N–H and O–H groups in total. The number of rotatable bonds is 9. The second-order valence-corrected chi connectivity index (χ2v) is 10.4. The standard InChI is InChI=1S/C23H31N6O4S/c1-4-6-9-29-19-16-24-26-21(19)23(30)25-22(29)18-15-17(7-8-20(18)33-14-5-2)34(31,32)28-12-10-27(3)11-13-28/h5,7-8,15-16,22H,2,4,6,9-14H2,1,3H3,(H,24,26). The number of amides is 1. The largest absolute Gasteiger partial charge is 0.489 e. The molecule has 10 nitrogen and oxygen atoms in total. The third-order valence-electron chi connectivity index (χ3n) is 6.15. The molecule has 0 bridgehead atoms. The average molecular weight is 488 g/mol. The number of piperazine rings is 1. The molecule has 0 spiro atoms. The summed E-state index contributed by atoms with van der Waals surface area (Å²) in [6.45, 7) is 8.85. The number of hydrogen-bond acceptors (Lipinski definition) is 7. The van der Waals surface area contributed by atoms with Gasteiger partial charge in [-0.15, -0.1) is 0 Å². The van der Waals surface area contributed by atoms with Gasteiger partial charge < -0.3 is 14.5 Å². The normalized spacial score (nSPS) is 19.5. The van der Waals surface area contributed by atoms with Crippen molar-refractivity contribution in [3.05, 3.63) is 48.3 Å². The lowest BCUT2D eigenvalue weighted by molar-refractivity contribution is 0.0914. The fourth-order valence-electron chi connectivity index (χ4n) is 4.19. The van der Waals surface area contributed by atoms with Crippen molar-refractivity contribution in [3.63, 3.8) is 0 Å². The van der Waals surface area contributed by atoms with Crippen LogP contribution < -0.4 is 15.0 Å². The van der Waals surface area contributed by atoms with E-state index in [1.165, 1.54) is 4.31 Å². The topological polar surface area (TPSA) is 113 Å². The number of H-pyrrole nitrogens is 1. The van der Waals surface area contributed by atoms with E-state index in [2.05, 4.69) is 33.9 Å². The molecule has 2 aliphatic rings. The summed E-state index contributed by atoms with van der Waals surface area (Å²) in [5.41, 5.74) is 1.51. The van der Waals surface area contributed by atoms with E-state index in [1.54, 1.807) is 30.5 Å². The SMILES string of the molecule is C=CCOc1ccc(S(=O)(=O)N2CCN(C)CC2)cc1C1[N]C(=O)c2[nH]ncc2N1CCCC. The number of likely N-dealkylation sites (N-methyl/N-ethyl adjacent to an activating group) is 1. The lowest BCUT2D eigenvalue weighted by Crippen LogP contribution is -2.47. The van der Waals surface area contributed by atoms with Crippen molar-refractivity contribution >= 4 is 21.6 Å². The number of nitrogens with one attached hydrogen (secondary N) is 1. The molecule has 1 atom stereocenters. The van der Waals surface area contributed by atoms with Crippen LogP contribution in [0.15, 0.2) is 41.9 Å². The highest BCUT2D eigenvalue weighted by Gasteiger charge is 2.37. The van der Waals surface area contributed by atoms with Crippen LogP contribution in [0, 0.1) is 0 Å². The number of carbonyl (C=O) groups excluding carboxylic acids is 1. The molecular weight excluding hydrogens is 456 g/mol. The number of hydrogen-bond donors (Lipinski definition) is 1. The van der Waals surface area contributed by atoms with Gasteiger partial charge in [0.2, 0.25) is 10.0 Å². The number of carbonyl (C=O) groups is 1. The zero-order valence-corrected chi connectivity index (χ0v) is 20.4. The Balaban J connectivity index is 1.76. The summed E-state index contributed by atoms with van der Waals surface area (Å²) < 4.78 is 34.3. The van der Waals surface area contributed by atoms with Gasteiger partial charge in [-0.25, -0.2) is 13.7 Å². The molecule has 3 heterocycles. The second kappa shape index (κ2) is 10.2. The molecule has 1 aromatic carbocycles. The lowest BCUT2D eigenvalue weighted by Gasteiger charge is -2.36. The molecule has 1 fully saturated rings. The smallest absolute Gasteiger partial charge is 0.295 e. The minimum Gasteiger partial charge on any atom is -0.489 e. The maximum atomic E-state index is 13.5. The number of sulfonamides is 1. The number of benzene rings is 1. The van der Waals surface area contributed by atoms with E-state index in [0.29, 0.717) is 55.4 Å². The molecule has 1 unspecified atom stereocenters. The summed E-state index contributed by atoms with van der Waals surface area (Å²) in [5, 5.41) is 11.2. The zero-order valence-electron chi connectivity index (χ0n) is 19.6. The van der Waals surface area contributed by atoms with E-state index >= 15 is 0 Å². The monoisotopic (exact) mass is 487 g/mol. The van der Waals surface area contributed by atoms with Crippen LogP contribution in [-0.4, -0.2) is 80.1 Å². The van der Waals surface area contributed by atoms with Gasteiger partial charge in [-0.05, 0) is 31.7 Å². The van der Waals surface area contributed by atoms with Crippen molar-refractivity contribution in [2.75, 3.05) is 51.3 Å². The first kappa shape index (κ1) is 24.2. The minimum atomic E-state index is -3.71. The van der Waals surface area contributed by atoms with Gasteiger partial charge in [0.1, 0.15) is 18.1 Å². The van der Waals surface area contributed by atoms with Gasteiger partial charge in [0.25, 0.3) is 5.91 Å². The first-order valence-electron chi connectivity index (χ1n) is 11.5. The Morgan fingerprint density at radius 2 is 2.03 bits per heavy atom. The Labute approximate surface area is 200 Å². The van der Waals surface area contributed by atoms with E-state index in [4.69, 9.17) is 4.74 Å². The predicted molar refractivity (Wildman–Crippen MR) is 128 cm³/mol. The maximum Gasteiger partial charge on any atom is 0.295 e. The van der Waals surface area contributed by atoms with Crippen LogP contribution in [0.1, 0.15) is 42.0 Å². The van der Waals surface area contributed by atoms with Crippen molar-refractivity contribution in [2.24, 2.45) is 0 Å². The number of unbranched alkanes of at least 4 members (excludes halogenated alkanes) is 1. The van der Waals surface area contributed by atoms with E-state index in [-0.39, 0.29) is 11.5 Å². The van der Waals surface area contributed by atoms with Crippen LogP contribution in [-0.2, 0) is 10.0 Å². The molecular formula is C23H31N6O4S. The molecule has 2 aromatic rings. The van der Waals surface area contributed by atoms with Crippen LogP contribution in [0.2, 0.25) is 0 Å². The van der Waals surface area contributed by atoms with Crippen LogP contribution in [0.25, 0.3) is 0 Å². The lowest BCUT2D eigenvalue weighted by atomic mass is 10.1. The third kappa shape index (κ3) is 4.68. The molecule has 1 amide bonds. The van der Waals surface area contributed by atoms with Crippen molar-refractivity contribution in [3.8, 4) is 5.75 Å². The van der Waals surface area contributed by atoms with E-state index < -0.39 is 22.1 Å². The second-order valence-electron chi connectivity index (χ2n) is 8.49. The van der Waals surface area contributed by atoms with Gasteiger partial charge in [-0.1, -0.05) is 26.0 Å². The Morgan fingerprint density at radius 1 is 1.26 bits per heavy atom. The van der Waals surface area contributed by atoms with Gasteiger partial charge in [0.15, 0.2) is 6.17 Å². The summed E-state index contributed by atoms with van der Waals surface area (Å²) >= 11 is 0. The molecule has 2 aliphatic heterocycles. The summed E-state index contributed by atoms with van der Waals surface area (Å²) in [6.07, 6.45) is 4.31. The highest BCUT2D eigenvalue weighted by Crippen LogP contribution is 2.38. The predicted octanol–water partition coefficient (Wildman–Crippen LogP) is 1.97. The molecule has 0 saturated carbocycles. The molecule has 1 radical (unpaired) electrons. The molecule has 183 valence electrons. The van der Waals surface area contributed by atoms with E-state index in [9.17, 15) is 13.2 Å². The first-order valence-corrected chi connectivity index (χ1v) is 12.9. The van der Waals surface area contributed by atoms with Crippen molar-refractivity contribution < 1.29 is 17.9 Å². The maximum absolute atomic E-state index is 13.5. The van der Waals surface area contributed by atoms with Gasteiger partial charge in [0.05, 0.1) is 16.8 Å². The first-order chi connectivity index (χ1) is 16.4. The molecule has 1 aromatic heterocycles. The molecule has 4 rings (SSSR count). The fourth-order valence-corrected chi connectivity index (χ4v) is 5.65. The number of aromatic nitrogens is 2. The van der Waals surface area contributed by atoms with Crippen LogP contribution in [0.4, 0.5) is 5.69 Å². The van der Waals surface area contributed by atoms with Gasteiger partial charge in [0, 0.05) is 38.3 Å². The van der Waals surface area contributed by atoms with Crippen molar-refractivity contribution in [2.45, 2.75) is 30.8 Å². The summed E-state index contributed by atoms with van der Waals surface area (Å²) in [7, 11) is -1.74. The minimum absolute atomic E-state index is 0.161. The zero-order chi connectivity index (χ0) is 24.3. The van der Waals surface area contributed by atoms with Gasteiger partial charge >= 0.3 is 0 Å². The quantitative estimate of drug-likeness (QED) is 0.538. The summed E-state index contributed by atoms with van der Waals surface area (Å²) in [4.78, 5) is 17.0. The Bertz CT molecular complexity index is 1140. The van der Waals surface area contributed by atoms with Crippen molar-refractivity contribution in [1.82, 2.24) is 24.7 Å². The fraction of sp³-hybridized carbons (Fsp3) is 0.478. The Morgan fingerprint density at radius 3 is 2.74 bits per heavy atom. The molecule has 0 aliphatic carbocycles. The molecule has 11 heteroatoms. The molecule has 34 heavy (non-hydrogen) atoms. The van der Waals surface area contributed by atoms with Crippen LogP contribution >= 0.6 is 0 Å². The van der Waals surface area contributed by atoms with E-state index in [1.807, 2.05) is 11.9 Å². The highest BCUT2D eigenvalue weighted by molar-refractivity contribution is 7.89. The number of ether oxygens (including phenoxy) is 1. The van der Waals surface area contributed by atoms with Crippen LogP contribution in [0.3, 0.4) is 0 Å².